The van der Waals surface area contributed by atoms with Crippen LogP contribution in [-0.2, 0) is 9.59 Å². The van der Waals surface area contributed by atoms with Gasteiger partial charge in [0.25, 0.3) is 0 Å². The second-order valence-electron chi connectivity index (χ2n) is 5.68. The van der Waals surface area contributed by atoms with Crippen LogP contribution in [0.3, 0.4) is 0 Å². The van der Waals surface area contributed by atoms with Gasteiger partial charge in [-0.1, -0.05) is 12.1 Å². The number of para-hydroxylation sites is 2. The number of nitrogens with zero attached hydrogens (tertiary/aromatic N) is 1. The molecule has 1 aliphatic rings. The van der Waals surface area contributed by atoms with E-state index >= 15 is 0 Å². The molecule has 0 bridgehead atoms. The Morgan fingerprint density at radius 1 is 1.12 bits per heavy atom. The fraction of sp³-hybridized carbons (Fsp3) is 0.263. The summed E-state index contributed by atoms with van der Waals surface area (Å²) in [5.41, 5.74) is 1.11. The van der Waals surface area contributed by atoms with Gasteiger partial charge in [-0.05, 0) is 24.3 Å². The Kier molecular flexibility index (Phi) is 5.26. The first kappa shape index (κ1) is 17.6. The summed E-state index contributed by atoms with van der Waals surface area (Å²) >= 11 is 0. The predicted octanol–water partition coefficient (Wildman–Crippen LogP) is 2.46. The molecule has 0 fully saturated rings. The lowest BCUT2D eigenvalue weighted by molar-refractivity contribution is -0.120. The van der Waals surface area contributed by atoms with E-state index in [1.165, 1.54) is 18.9 Å². The van der Waals surface area contributed by atoms with Crippen molar-refractivity contribution in [3.8, 4) is 17.2 Å². The van der Waals surface area contributed by atoms with Crippen LogP contribution in [-0.4, -0.2) is 38.7 Å². The Labute approximate surface area is 151 Å². The molecule has 1 heterocycles. The third kappa shape index (κ3) is 3.88. The molecule has 136 valence electrons. The van der Waals surface area contributed by atoms with Gasteiger partial charge in [-0.25, -0.2) is 0 Å². The molecule has 3 rings (SSSR count). The Hall–Kier alpha value is -3.22. The van der Waals surface area contributed by atoms with E-state index in [2.05, 4.69) is 5.32 Å². The smallest absolute Gasteiger partial charge is 0.244 e. The highest BCUT2D eigenvalue weighted by atomic mass is 16.6. The minimum Gasteiger partial charge on any atom is -0.495 e. The number of rotatable bonds is 5. The zero-order valence-electron chi connectivity index (χ0n) is 14.7. The van der Waals surface area contributed by atoms with E-state index < -0.39 is 0 Å². The Bertz CT molecular complexity index is 821. The molecule has 0 saturated heterocycles. The Balaban J connectivity index is 1.74. The zero-order chi connectivity index (χ0) is 18.5. The summed E-state index contributed by atoms with van der Waals surface area (Å²) in [5.74, 6) is 1.17. The van der Waals surface area contributed by atoms with Gasteiger partial charge in [0.05, 0.1) is 12.8 Å². The summed E-state index contributed by atoms with van der Waals surface area (Å²) in [6, 6.07) is 12.2. The molecule has 2 aromatic rings. The highest BCUT2D eigenvalue weighted by molar-refractivity contribution is 6.02. The first-order chi connectivity index (χ1) is 12.6. The molecule has 7 nitrogen and oxygen atoms in total. The van der Waals surface area contributed by atoms with Gasteiger partial charge < -0.3 is 19.5 Å². The molecule has 0 radical (unpaired) electrons. The van der Waals surface area contributed by atoms with Gasteiger partial charge >= 0.3 is 0 Å². The van der Waals surface area contributed by atoms with E-state index in [1.54, 1.807) is 42.5 Å². The Morgan fingerprint density at radius 2 is 1.85 bits per heavy atom. The number of carbonyl (C=O) groups is 2. The lowest BCUT2D eigenvalue weighted by atomic mass is 10.2. The van der Waals surface area contributed by atoms with Crippen molar-refractivity contribution in [3.63, 3.8) is 0 Å². The maximum atomic E-state index is 12.5. The van der Waals surface area contributed by atoms with Crippen LogP contribution in [0.15, 0.2) is 42.5 Å². The van der Waals surface area contributed by atoms with Gasteiger partial charge in [-0.15, -0.1) is 0 Å². The third-order valence-corrected chi connectivity index (χ3v) is 3.88. The molecule has 7 heteroatoms. The molecule has 1 aliphatic heterocycles. The summed E-state index contributed by atoms with van der Waals surface area (Å²) in [7, 11) is 1.52. The molecule has 0 spiro atoms. The molecule has 1 N–H and O–H groups in total. The van der Waals surface area contributed by atoms with Crippen LogP contribution in [0.5, 0.6) is 17.2 Å². The van der Waals surface area contributed by atoms with Crippen LogP contribution in [0.25, 0.3) is 0 Å². The number of carbonyl (C=O) groups excluding carboxylic acids is 2. The van der Waals surface area contributed by atoms with Crippen molar-refractivity contribution in [2.45, 2.75) is 6.92 Å². The monoisotopic (exact) mass is 356 g/mol. The van der Waals surface area contributed by atoms with Gasteiger partial charge in [0, 0.05) is 18.7 Å². The molecular formula is C19H20N2O5. The number of amides is 2. The van der Waals surface area contributed by atoms with Crippen LogP contribution in [0, 0.1) is 0 Å². The van der Waals surface area contributed by atoms with Crippen molar-refractivity contribution in [3.05, 3.63) is 42.5 Å². The second kappa shape index (κ2) is 7.77. The van der Waals surface area contributed by atoms with Gasteiger partial charge in [0.2, 0.25) is 11.8 Å². The molecular weight excluding hydrogens is 336 g/mol. The normalized spacial score (nSPS) is 12.2. The second-order valence-corrected chi connectivity index (χ2v) is 5.68. The average molecular weight is 356 g/mol. The zero-order valence-corrected chi connectivity index (χ0v) is 14.7. The summed E-state index contributed by atoms with van der Waals surface area (Å²) < 4.78 is 16.2. The first-order valence-electron chi connectivity index (χ1n) is 8.19. The first-order valence-corrected chi connectivity index (χ1v) is 8.19. The van der Waals surface area contributed by atoms with Gasteiger partial charge in [0.15, 0.2) is 11.5 Å². The minimum atomic E-state index is -0.331. The van der Waals surface area contributed by atoms with Gasteiger partial charge in [-0.2, -0.15) is 0 Å². The number of hydrogen-bond acceptors (Lipinski definition) is 5. The van der Waals surface area contributed by atoms with Crippen LogP contribution in [0.2, 0.25) is 0 Å². The maximum absolute atomic E-state index is 12.5. The summed E-state index contributed by atoms with van der Waals surface area (Å²) in [5, 5.41) is 2.78. The molecule has 2 aromatic carbocycles. The van der Waals surface area contributed by atoms with E-state index in [4.69, 9.17) is 14.2 Å². The highest BCUT2D eigenvalue weighted by Gasteiger charge is 2.20. The molecule has 0 aromatic heterocycles. The summed E-state index contributed by atoms with van der Waals surface area (Å²) in [6.07, 6.45) is 0. The standard InChI is InChI=1S/C19H20N2O5/c1-13(22)21(15-5-3-4-6-16(15)24-2)12-19(23)20-14-7-8-17-18(11-14)26-10-9-25-17/h3-8,11H,9-10,12H2,1-2H3,(H,20,23). The maximum Gasteiger partial charge on any atom is 0.244 e. The van der Waals surface area contributed by atoms with Crippen molar-refractivity contribution < 1.29 is 23.8 Å². The fourth-order valence-corrected chi connectivity index (χ4v) is 2.68. The Morgan fingerprint density at radius 3 is 2.58 bits per heavy atom. The largest absolute Gasteiger partial charge is 0.495 e. The predicted molar refractivity (Wildman–Crippen MR) is 97.1 cm³/mol. The molecule has 2 amide bonds. The highest BCUT2D eigenvalue weighted by Crippen LogP contribution is 2.32. The number of nitrogens with one attached hydrogen (secondary N) is 1. The van der Waals surface area contributed by atoms with Crippen molar-refractivity contribution in [2.75, 3.05) is 37.1 Å². The van der Waals surface area contributed by atoms with Crippen molar-refractivity contribution in [1.29, 1.82) is 0 Å². The SMILES string of the molecule is COc1ccccc1N(CC(=O)Nc1ccc2c(c1)OCCO2)C(C)=O. The van der Waals surface area contributed by atoms with Gasteiger partial charge in [-0.3, -0.25) is 14.5 Å². The molecule has 0 aliphatic carbocycles. The number of benzene rings is 2. The van der Waals surface area contributed by atoms with E-state index in [9.17, 15) is 9.59 Å². The number of anilines is 2. The fourth-order valence-electron chi connectivity index (χ4n) is 2.68. The van der Waals surface area contributed by atoms with Crippen LogP contribution < -0.4 is 24.4 Å². The van der Waals surface area contributed by atoms with Crippen molar-refractivity contribution >= 4 is 23.2 Å². The topological polar surface area (TPSA) is 77.1 Å². The minimum absolute atomic E-state index is 0.135. The lowest BCUT2D eigenvalue weighted by Gasteiger charge is -2.23. The van der Waals surface area contributed by atoms with E-state index in [0.29, 0.717) is 41.8 Å². The van der Waals surface area contributed by atoms with E-state index in [0.717, 1.165) is 0 Å². The third-order valence-electron chi connectivity index (χ3n) is 3.88. The molecule has 0 unspecified atom stereocenters. The van der Waals surface area contributed by atoms with Crippen molar-refractivity contribution in [2.24, 2.45) is 0 Å². The number of methoxy groups -OCH3 is 1. The quantitative estimate of drug-likeness (QED) is 0.890. The number of hydrogen-bond donors (Lipinski definition) is 1. The van der Waals surface area contributed by atoms with E-state index in [-0.39, 0.29) is 18.4 Å². The van der Waals surface area contributed by atoms with Crippen molar-refractivity contribution in [1.82, 2.24) is 0 Å². The van der Waals surface area contributed by atoms with Crippen LogP contribution in [0.4, 0.5) is 11.4 Å². The van der Waals surface area contributed by atoms with Crippen LogP contribution in [0.1, 0.15) is 6.92 Å². The van der Waals surface area contributed by atoms with Crippen LogP contribution >= 0.6 is 0 Å². The van der Waals surface area contributed by atoms with Gasteiger partial charge in [0.1, 0.15) is 25.5 Å². The average Bonchev–Trinajstić information content (AvgIpc) is 2.66. The summed E-state index contributed by atoms with van der Waals surface area (Å²) in [6.45, 7) is 2.25. The lowest BCUT2D eigenvalue weighted by Crippen LogP contribution is -2.36. The molecule has 26 heavy (non-hydrogen) atoms. The number of fused-ring (bicyclic) bond motifs is 1. The number of ether oxygens (including phenoxy) is 3. The summed E-state index contributed by atoms with van der Waals surface area (Å²) in [4.78, 5) is 25.9. The van der Waals surface area contributed by atoms with E-state index in [1.807, 2.05) is 0 Å². The molecule has 0 atom stereocenters. The molecule has 0 saturated carbocycles.